The first-order valence-electron chi connectivity index (χ1n) is 9.40. The van der Waals surface area contributed by atoms with Crippen molar-refractivity contribution >= 4 is 35.0 Å². The van der Waals surface area contributed by atoms with Crippen LogP contribution in [-0.2, 0) is 5.75 Å². The van der Waals surface area contributed by atoms with E-state index in [1.165, 1.54) is 25.3 Å². The number of benzene rings is 2. The lowest BCUT2D eigenvalue weighted by molar-refractivity contribution is 0.339. The Balaban J connectivity index is 1.67. The summed E-state index contributed by atoms with van der Waals surface area (Å²) in [6, 6.07) is 12.6. The molecule has 0 bridgehead atoms. The summed E-state index contributed by atoms with van der Waals surface area (Å²) >= 11 is 13.9. The first-order valence-corrected chi connectivity index (χ1v) is 11.1. The fourth-order valence-electron chi connectivity index (χ4n) is 3.65. The Kier molecular flexibility index (Phi) is 6.24. The lowest BCUT2D eigenvalue weighted by Gasteiger charge is -2.25. The van der Waals surface area contributed by atoms with Gasteiger partial charge in [0, 0.05) is 21.8 Å². The maximum absolute atomic E-state index is 14.5. The molecule has 0 radical (unpaired) electrons. The Morgan fingerprint density at radius 3 is 2.57 bits per heavy atom. The Morgan fingerprint density at radius 2 is 1.82 bits per heavy atom. The number of aromatic nitrogens is 3. The molecule has 28 heavy (non-hydrogen) atoms. The van der Waals surface area contributed by atoms with Crippen LogP contribution in [-0.4, -0.2) is 14.8 Å². The molecule has 146 valence electrons. The van der Waals surface area contributed by atoms with E-state index in [4.69, 9.17) is 23.2 Å². The van der Waals surface area contributed by atoms with Gasteiger partial charge in [-0.1, -0.05) is 72.4 Å². The second-order valence-corrected chi connectivity index (χ2v) is 8.76. The highest BCUT2D eigenvalue weighted by Gasteiger charge is 2.25. The first kappa shape index (κ1) is 19.7. The molecule has 0 spiro atoms. The van der Waals surface area contributed by atoms with Gasteiger partial charge < -0.3 is 0 Å². The number of halogens is 3. The zero-order valence-corrected chi connectivity index (χ0v) is 17.6. The lowest BCUT2D eigenvalue weighted by atomic mass is 9.95. The molecule has 3 nitrogen and oxygen atoms in total. The van der Waals surface area contributed by atoms with Gasteiger partial charge in [-0.15, -0.1) is 10.2 Å². The maximum Gasteiger partial charge on any atom is 0.192 e. The molecule has 0 unspecified atom stereocenters. The van der Waals surface area contributed by atoms with Gasteiger partial charge in [0.15, 0.2) is 11.0 Å². The first-order chi connectivity index (χ1) is 13.6. The average Bonchev–Trinajstić information content (AvgIpc) is 3.12. The summed E-state index contributed by atoms with van der Waals surface area (Å²) in [5, 5.41) is 10.8. The number of rotatable bonds is 5. The summed E-state index contributed by atoms with van der Waals surface area (Å²) in [5.74, 6) is 0.983. The molecule has 1 aromatic heterocycles. The molecular formula is C21H20Cl2FN3S. The van der Waals surface area contributed by atoms with Gasteiger partial charge in [0.2, 0.25) is 0 Å². The SMILES string of the molecule is Fc1ccccc1-c1nnc(SCc2ccc(Cl)cc2Cl)n1C1CCCCC1. The zero-order chi connectivity index (χ0) is 19.5. The molecule has 0 saturated heterocycles. The van der Waals surface area contributed by atoms with Crippen LogP contribution in [0.4, 0.5) is 4.39 Å². The lowest BCUT2D eigenvalue weighted by Crippen LogP contribution is -2.15. The molecular weight excluding hydrogens is 416 g/mol. The summed E-state index contributed by atoms with van der Waals surface area (Å²) in [4.78, 5) is 0. The van der Waals surface area contributed by atoms with Crippen LogP contribution < -0.4 is 0 Å². The number of nitrogens with zero attached hydrogens (tertiary/aromatic N) is 3. The van der Waals surface area contributed by atoms with Gasteiger partial charge in [-0.25, -0.2) is 4.39 Å². The fraction of sp³-hybridized carbons (Fsp3) is 0.333. The summed E-state index contributed by atoms with van der Waals surface area (Å²) in [6.45, 7) is 0. The Bertz CT molecular complexity index is 970. The highest BCUT2D eigenvalue weighted by atomic mass is 35.5. The van der Waals surface area contributed by atoms with E-state index in [-0.39, 0.29) is 5.82 Å². The van der Waals surface area contributed by atoms with Crippen LogP contribution >= 0.6 is 35.0 Å². The van der Waals surface area contributed by atoms with E-state index in [9.17, 15) is 4.39 Å². The number of hydrogen-bond donors (Lipinski definition) is 0. The third kappa shape index (κ3) is 4.22. The third-order valence-corrected chi connectivity index (χ3v) is 6.67. The molecule has 0 N–H and O–H groups in total. The van der Waals surface area contributed by atoms with Crippen molar-refractivity contribution in [1.82, 2.24) is 14.8 Å². The van der Waals surface area contributed by atoms with Crippen LogP contribution in [0.1, 0.15) is 43.7 Å². The van der Waals surface area contributed by atoms with E-state index >= 15 is 0 Å². The quantitative estimate of drug-likeness (QED) is 0.397. The van der Waals surface area contributed by atoms with Crippen molar-refractivity contribution in [3.63, 3.8) is 0 Å². The summed E-state index contributed by atoms with van der Waals surface area (Å²) < 4.78 is 16.6. The monoisotopic (exact) mass is 435 g/mol. The van der Waals surface area contributed by atoms with Crippen molar-refractivity contribution in [2.75, 3.05) is 0 Å². The van der Waals surface area contributed by atoms with Crippen LogP contribution in [0.5, 0.6) is 0 Å². The second kappa shape index (κ2) is 8.85. The molecule has 1 heterocycles. The van der Waals surface area contributed by atoms with E-state index < -0.39 is 0 Å². The van der Waals surface area contributed by atoms with Crippen molar-refractivity contribution in [2.45, 2.75) is 49.1 Å². The molecule has 0 aliphatic heterocycles. The van der Waals surface area contributed by atoms with Crippen LogP contribution in [0.25, 0.3) is 11.4 Å². The summed E-state index contributed by atoms with van der Waals surface area (Å²) in [5.41, 5.74) is 1.48. The minimum atomic E-state index is -0.274. The molecule has 1 saturated carbocycles. The zero-order valence-electron chi connectivity index (χ0n) is 15.2. The summed E-state index contributed by atoms with van der Waals surface area (Å²) in [7, 11) is 0. The Labute approximate surface area is 178 Å². The molecule has 2 aromatic carbocycles. The smallest absolute Gasteiger partial charge is 0.192 e. The van der Waals surface area contributed by atoms with Gasteiger partial charge in [0.25, 0.3) is 0 Å². The third-order valence-electron chi connectivity index (χ3n) is 5.09. The van der Waals surface area contributed by atoms with Gasteiger partial charge in [-0.05, 0) is 42.7 Å². The predicted octanol–water partition coefficient (Wildman–Crippen LogP) is 7.19. The number of hydrogen-bond acceptors (Lipinski definition) is 3. The minimum absolute atomic E-state index is 0.274. The van der Waals surface area contributed by atoms with Crippen LogP contribution in [0.2, 0.25) is 10.0 Å². The van der Waals surface area contributed by atoms with E-state index in [0.717, 1.165) is 23.6 Å². The Morgan fingerprint density at radius 1 is 1.04 bits per heavy atom. The molecule has 1 aliphatic carbocycles. The average molecular weight is 436 g/mol. The standard InChI is InChI=1S/C21H20Cl2FN3S/c22-15-11-10-14(18(23)12-15)13-28-21-26-25-20(17-8-4-5-9-19(17)24)27(21)16-6-2-1-3-7-16/h4-5,8-12,16H,1-3,6-7,13H2. The maximum atomic E-state index is 14.5. The van der Waals surface area contributed by atoms with Crippen molar-refractivity contribution in [1.29, 1.82) is 0 Å². The molecule has 7 heteroatoms. The van der Waals surface area contributed by atoms with Crippen molar-refractivity contribution < 1.29 is 4.39 Å². The molecule has 1 aliphatic rings. The topological polar surface area (TPSA) is 30.7 Å². The van der Waals surface area contributed by atoms with Crippen LogP contribution in [0.15, 0.2) is 47.6 Å². The van der Waals surface area contributed by atoms with E-state index in [0.29, 0.717) is 33.2 Å². The van der Waals surface area contributed by atoms with Crippen LogP contribution in [0.3, 0.4) is 0 Å². The Hall–Kier alpha value is -1.56. The van der Waals surface area contributed by atoms with Gasteiger partial charge in [0.05, 0.1) is 5.56 Å². The van der Waals surface area contributed by atoms with E-state index in [1.807, 2.05) is 18.2 Å². The van der Waals surface area contributed by atoms with Crippen molar-refractivity contribution in [2.24, 2.45) is 0 Å². The van der Waals surface area contributed by atoms with Gasteiger partial charge in [-0.2, -0.15) is 0 Å². The highest BCUT2D eigenvalue weighted by molar-refractivity contribution is 7.98. The van der Waals surface area contributed by atoms with Gasteiger partial charge >= 0.3 is 0 Å². The van der Waals surface area contributed by atoms with E-state index in [2.05, 4.69) is 14.8 Å². The largest absolute Gasteiger partial charge is 0.299 e. The molecule has 4 rings (SSSR count). The van der Waals surface area contributed by atoms with Gasteiger partial charge in [-0.3, -0.25) is 4.57 Å². The normalized spacial score (nSPS) is 15.1. The molecule has 0 amide bonds. The molecule has 3 aromatic rings. The number of thioether (sulfide) groups is 1. The van der Waals surface area contributed by atoms with Crippen LogP contribution in [0, 0.1) is 5.82 Å². The highest BCUT2D eigenvalue weighted by Crippen LogP contribution is 2.37. The second-order valence-electron chi connectivity index (χ2n) is 6.97. The van der Waals surface area contributed by atoms with E-state index in [1.54, 1.807) is 30.0 Å². The van der Waals surface area contributed by atoms with Crippen molar-refractivity contribution in [3.05, 3.63) is 63.9 Å². The minimum Gasteiger partial charge on any atom is -0.299 e. The van der Waals surface area contributed by atoms with Gasteiger partial charge in [0.1, 0.15) is 5.82 Å². The molecule has 1 fully saturated rings. The van der Waals surface area contributed by atoms with Crippen molar-refractivity contribution in [3.8, 4) is 11.4 Å². The fourth-order valence-corrected chi connectivity index (χ4v) is 5.22. The predicted molar refractivity (Wildman–Crippen MR) is 114 cm³/mol. The molecule has 0 atom stereocenters. The summed E-state index contributed by atoms with van der Waals surface area (Å²) in [6.07, 6.45) is 5.72.